The zero-order chi connectivity index (χ0) is 16.6. The Morgan fingerprint density at radius 2 is 2.00 bits per heavy atom. The van der Waals surface area contributed by atoms with Gasteiger partial charge in [0.2, 0.25) is 21.8 Å². The Morgan fingerprint density at radius 1 is 1.26 bits per heavy atom. The lowest BCUT2D eigenvalue weighted by atomic mass is 9.97. The van der Waals surface area contributed by atoms with E-state index < -0.39 is 10.0 Å². The first-order valence-electron chi connectivity index (χ1n) is 7.92. The Hall–Kier alpha value is -1.48. The van der Waals surface area contributed by atoms with E-state index >= 15 is 0 Å². The number of nitrogens with zero attached hydrogens (tertiary/aromatic N) is 4. The summed E-state index contributed by atoms with van der Waals surface area (Å²) in [4.78, 5) is 18.9. The van der Waals surface area contributed by atoms with E-state index in [0.29, 0.717) is 31.2 Å². The minimum absolute atomic E-state index is 0.00306. The number of amides is 1. The molecule has 9 heteroatoms. The maximum Gasteiger partial charge on any atom is 0.227 e. The molecule has 0 aromatic carbocycles. The third kappa shape index (κ3) is 3.40. The third-order valence-electron chi connectivity index (χ3n) is 4.58. The van der Waals surface area contributed by atoms with Crippen LogP contribution in [0, 0.1) is 12.8 Å². The lowest BCUT2D eigenvalue weighted by Crippen LogP contribution is -2.46. The first kappa shape index (κ1) is 16.4. The predicted octanol–water partition coefficient (Wildman–Crippen LogP) is 0.713. The Morgan fingerprint density at radius 3 is 2.65 bits per heavy atom. The predicted molar refractivity (Wildman–Crippen MR) is 81.9 cm³/mol. The van der Waals surface area contributed by atoms with Crippen molar-refractivity contribution in [2.24, 2.45) is 5.92 Å². The normalized spacial score (nSPS) is 26.6. The molecule has 23 heavy (non-hydrogen) atoms. The molecular weight excluding hydrogens is 320 g/mol. The van der Waals surface area contributed by atoms with Crippen molar-refractivity contribution >= 4 is 15.9 Å². The van der Waals surface area contributed by atoms with Gasteiger partial charge in [-0.2, -0.15) is 4.98 Å². The first-order chi connectivity index (χ1) is 10.9. The highest BCUT2D eigenvalue weighted by Crippen LogP contribution is 2.33. The fraction of sp³-hybridized carbons (Fsp3) is 0.786. The van der Waals surface area contributed by atoms with Crippen LogP contribution < -0.4 is 0 Å². The second kappa shape index (κ2) is 6.20. The van der Waals surface area contributed by atoms with Gasteiger partial charge in [-0.05, 0) is 25.7 Å². The molecule has 2 atom stereocenters. The number of hydrogen-bond acceptors (Lipinski definition) is 6. The summed E-state index contributed by atoms with van der Waals surface area (Å²) in [5.74, 6) is 0.750. The Balaban J connectivity index is 1.74. The maximum atomic E-state index is 12.9. The van der Waals surface area contributed by atoms with Crippen LogP contribution in [0.5, 0.6) is 0 Å². The van der Waals surface area contributed by atoms with Gasteiger partial charge in [-0.3, -0.25) is 4.79 Å². The molecule has 2 fully saturated rings. The molecule has 1 aromatic rings. The standard InChI is InChI=1S/C14H22N4O4S/c1-10-15-13(16-22-10)12-6-4-8-18(12)14(19)11-5-3-7-17(9-11)23(2,20)21/h11-12H,3-9H2,1-2H3/t11-,12+/m1/s1. The molecule has 2 aliphatic heterocycles. The molecule has 8 nitrogen and oxygen atoms in total. The van der Waals surface area contributed by atoms with Crippen LogP contribution >= 0.6 is 0 Å². The second-order valence-electron chi connectivity index (χ2n) is 6.32. The number of carbonyl (C=O) groups is 1. The second-order valence-corrected chi connectivity index (χ2v) is 8.30. The number of aryl methyl sites for hydroxylation is 1. The van der Waals surface area contributed by atoms with E-state index in [1.807, 2.05) is 0 Å². The van der Waals surface area contributed by atoms with Crippen molar-refractivity contribution in [1.29, 1.82) is 0 Å². The summed E-state index contributed by atoms with van der Waals surface area (Å²) in [6, 6.07) is -0.159. The summed E-state index contributed by atoms with van der Waals surface area (Å²) in [6.07, 6.45) is 4.34. The smallest absolute Gasteiger partial charge is 0.227 e. The molecule has 2 aliphatic rings. The SMILES string of the molecule is Cc1nc([C@@H]2CCCN2C(=O)[C@@H]2CCCN(S(C)(=O)=O)C2)no1. The van der Waals surface area contributed by atoms with Crippen LogP contribution in [0.15, 0.2) is 4.52 Å². The summed E-state index contributed by atoms with van der Waals surface area (Å²) in [6.45, 7) is 3.15. The number of carbonyl (C=O) groups excluding carboxylic acids is 1. The minimum Gasteiger partial charge on any atom is -0.340 e. The summed E-state index contributed by atoms with van der Waals surface area (Å²) in [7, 11) is -3.26. The lowest BCUT2D eigenvalue weighted by Gasteiger charge is -2.33. The summed E-state index contributed by atoms with van der Waals surface area (Å²) >= 11 is 0. The van der Waals surface area contributed by atoms with Gasteiger partial charge in [0, 0.05) is 26.6 Å². The van der Waals surface area contributed by atoms with Crippen LogP contribution in [-0.4, -0.2) is 59.6 Å². The molecule has 0 saturated carbocycles. The molecule has 0 radical (unpaired) electrons. The maximum absolute atomic E-state index is 12.9. The number of piperidine rings is 1. The van der Waals surface area contributed by atoms with Crippen molar-refractivity contribution in [3.8, 4) is 0 Å². The van der Waals surface area contributed by atoms with Crippen LogP contribution in [0.3, 0.4) is 0 Å². The lowest BCUT2D eigenvalue weighted by molar-refractivity contribution is -0.137. The Bertz CT molecular complexity index is 687. The van der Waals surface area contributed by atoms with E-state index in [4.69, 9.17) is 4.52 Å². The molecule has 0 bridgehead atoms. The highest BCUT2D eigenvalue weighted by molar-refractivity contribution is 7.88. The van der Waals surface area contributed by atoms with Gasteiger partial charge in [0.15, 0.2) is 5.82 Å². The van der Waals surface area contributed by atoms with E-state index in [1.54, 1.807) is 11.8 Å². The molecule has 0 unspecified atom stereocenters. The van der Waals surface area contributed by atoms with Gasteiger partial charge >= 0.3 is 0 Å². The fourth-order valence-corrected chi connectivity index (χ4v) is 4.34. The van der Waals surface area contributed by atoms with E-state index in [1.165, 1.54) is 10.6 Å². The van der Waals surface area contributed by atoms with Crippen LogP contribution in [0.2, 0.25) is 0 Å². The number of rotatable bonds is 3. The summed E-state index contributed by atoms with van der Waals surface area (Å²) in [5, 5.41) is 3.94. The number of aromatic nitrogens is 2. The quantitative estimate of drug-likeness (QED) is 0.803. The van der Waals surface area contributed by atoms with Crippen molar-refractivity contribution in [1.82, 2.24) is 19.3 Å². The summed E-state index contributed by atoms with van der Waals surface area (Å²) in [5.41, 5.74) is 0. The number of hydrogen-bond donors (Lipinski definition) is 0. The van der Waals surface area contributed by atoms with Crippen molar-refractivity contribution in [2.75, 3.05) is 25.9 Å². The van der Waals surface area contributed by atoms with E-state index in [0.717, 1.165) is 19.3 Å². The van der Waals surface area contributed by atoms with Crippen molar-refractivity contribution < 1.29 is 17.7 Å². The summed E-state index contributed by atoms with van der Waals surface area (Å²) < 4.78 is 29.9. The van der Waals surface area contributed by atoms with Gasteiger partial charge < -0.3 is 9.42 Å². The highest BCUT2D eigenvalue weighted by atomic mass is 32.2. The molecule has 128 valence electrons. The van der Waals surface area contributed by atoms with Crippen molar-refractivity contribution in [2.45, 2.75) is 38.6 Å². The zero-order valence-electron chi connectivity index (χ0n) is 13.4. The van der Waals surface area contributed by atoms with E-state index in [9.17, 15) is 13.2 Å². The van der Waals surface area contributed by atoms with E-state index in [-0.39, 0.29) is 24.4 Å². The first-order valence-corrected chi connectivity index (χ1v) is 9.77. The highest BCUT2D eigenvalue weighted by Gasteiger charge is 2.38. The van der Waals surface area contributed by atoms with Crippen LogP contribution in [0.4, 0.5) is 0 Å². The number of likely N-dealkylation sites (tertiary alicyclic amines) is 1. The molecule has 0 spiro atoms. The van der Waals surface area contributed by atoms with Gasteiger partial charge in [0.05, 0.1) is 18.2 Å². The monoisotopic (exact) mass is 342 g/mol. The minimum atomic E-state index is -3.26. The average Bonchev–Trinajstić information content (AvgIpc) is 3.14. The van der Waals surface area contributed by atoms with Gasteiger partial charge in [0.1, 0.15) is 0 Å². The molecule has 1 amide bonds. The molecule has 0 aliphatic carbocycles. The Labute approximate surface area is 135 Å². The zero-order valence-corrected chi connectivity index (χ0v) is 14.3. The fourth-order valence-electron chi connectivity index (χ4n) is 3.43. The number of sulfonamides is 1. The van der Waals surface area contributed by atoms with Crippen molar-refractivity contribution in [3.05, 3.63) is 11.7 Å². The average molecular weight is 342 g/mol. The molecule has 3 rings (SSSR count). The largest absolute Gasteiger partial charge is 0.340 e. The molecule has 3 heterocycles. The molecule has 0 N–H and O–H groups in total. The van der Waals surface area contributed by atoms with E-state index in [2.05, 4.69) is 10.1 Å². The van der Waals surface area contributed by atoms with Gasteiger partial charge in [-0.15, -0.1) is 0 Å². The third-order valence-corrected chi connectivity index (χ3v) is 5.85. The van der Waals surface area contributed by atoms with Crippen LogP contribution in [-0.2, 0) is 14.8 Å². The van der Waals surface area contributed by atoms with Crippen LogP contribution in [0.1, 0.15) is 43.4 Å². The van der Waals surface area contributed by atoms with Crippen LogP contribution in [0.25, 0.3) is 0 Å². The molecule has 1 aromatic heterocycles. The molecular formula is C14H22N4O4S. The topological polar surface area (TPSA) is 96.6 Å². The van der Waals surface area contributed by atoms with Gasteiger partial charge in [0.25, 0.3) is 0 Å². The van der Waals surface area contributed by atoms with Crippen molar-refractivity contribution in [3.63, 3.8) is 0 Å². The van der Waals surface area contributed by atoms with Gasteiger partial charge in [-0.25, -0.2) is 12.7 Å². The Kier molecular flexibility index (Phi) is 4.41. The molecule has 2 saturated heterocycles. The van der Waals surface area contributed by atoms with Gasteiger partial charge in [-0.1, -0.05) is 5.16 Å².